The van der Waals surface area contributed by atoms with Crippen molar-refractivity contribution < 1.29 is 79.0 Å². The van der Waals surface area contributed by atoms with Crippen molar-refractivity contribution in [3.8, 4) is 36.4 Å². The van der Waals surface area contributed by atoms with Crippen molar-refractivity contribution in [2.24, 2.45) is 0 Å². The molecule has 0 atom stereocenters. The highest BCUT2D eigenvalue weighted by Gasteiger charge is 2.49. The minimum atomic E-state index is -5.91. The summed E-state index contributed by atoms with van der Waals surface area (Å²) < 4.78 is 256. The number of hydrogen-bond donors (Lipinski definition) is 0. The van der Waals surface area contributed by atoms with E-state index in [0.29, 0.717) is 0 Å². The predicted molar refractivity (Wildman–Crippen MR) is 161 cm³/mol. The highest BCUT2D eigenvalue weighted by Crippen LogP contribution is 2.59. The SMILES string of the molecule is N#CC(=C1C(=C(C#N)c2cc(C(F)(F)F)c(C#N)cc2C(F)(F)F)C1=C(C#N)c1cc(C(F)(F)F)c(C#N)cc1C(F)(F)F)c1cc(C(F)(F)F)c(C#N)cc1C(F)(F)F. The summed E-state index contributed by atoms with van der Waals surface area (Å²) >= 11 is 0. The number of alkyl halides is 18. The fourth-order valence-corrected chi connectivity index (χ4v) is 5.79. The van der Waals surface area contributed by atoms with Crippen LogP contribution in [0, 0.1) is 68.0 Å². The lowest BCUT2D eigenvalue weighted by atomic mass is 9.91. The number of benzene rings is 3. The largest absolute Gasteiger partial charge is 0.417 e. The third-order valence-corrected chi connectivity index (χ3v) is 8.25. The Morgan fingerprint density at radius 1 is 0.300 bits per heavy atom. The molecule has 60 heavy (non-hydrogen) atoms. The molecule has 1 fully saturated rings. The summed E-state index contributed by atoms with van der Waals surface area (Å²) in [5.41, 5.74) is -36.0. The van der Waals surface area contributed by atoms with E-state index < -0.39 is 174 Å². The maximum Gasteiger partial charge on any atom is 0.417 e. The molecule has 0 heterocycles. The van der Waals surface area contributed by atoms with E-state index in [1.165, 1.54) is 0 Å². The first-order valence-electron chi connectivity index (χ1n) is 15.0. The zero-order chi connectivity index (χ0) is 45.9. The number of allylic oxidation sites excluding steroid dienone is 6. The van der Waals surface area contributed by atoms with E-state index in [2.05, 4.69) is 0 Å². The molecule has 0 amide bonds. The third-order valence-electron chi connectivity index (χ3n) is 8.25. The third kappa shape index (κ3) is 8.27. The summed E-state index contributed by atoms with van der Waals surface area (Å²) in [7, 11) is 0. The van der Waals surface area contributed by atoms with Crippen LogP contribution in [0.2, 0.25) is 0 Å². The van der Waals surface area contributed by atoms with Crippen LogP contribution >= 0.6 is 0 Å². The monoisotopic (exact) mass is 864 g/mol. The molecule has 0 saturated heterocycles. The van der Waals surface area contributed by atoms with E-state index in [1.54, 1.807) is 0 Å². The molecule has 1 aliphatic rings. The first-order valence-corrected chi connectivity index (χ1v) is 15.0. The Hall–Kier alpha value is -7.44. The van der Waals surface area contributed by atoms with Crippen LogP contribution in [0.15, 0.2) is 53.1 Å². The molecule has 0 unspecified atom stereocenters. The van der Waals surface area contributed by atoms with Crippen molar-refractivity contribution in [3.63, 3.8) is 0 Å². The highest BCUT2D eigenvalue weighted by atomic mass is 19.4. The van der Waals surface area contributed by atoms with Gasteiger partial charge in [-0.05, 0) is 36.4 Å². The van der Waals surface area contributed by atoms with Gasteiger partial charge in [-0.1, -0.05) is 0 Å². The minimum Gasteiger partial charge on any atom is -0.192 e. The van der Waals surface area contributed by atoms with Crippen molar-refractivity contribution in [3.05, 3.63) is 120 Å². The molecular weight excluding hydrogens is 858 g/mol. The molecule has 0 spiro atoms. The zero-order valence-electron chi connectivity index (χ0n) is 28.0. The molecular formula is C36H6F18N6. The van der Waals surface area contributed by atoms with Crippen LogP contribution in [-0.2, 0) is 37.1 Å². The molecule has 0 aliphatic heterocycles. The molecule has 1 saturated carbocycles. The lowest BCUT2D eigenvalue weighted by molar-refractivity contribution is -0.141. The van der Waals surface area contributed by atoms with Gasteiger partial charge in [0, 0.05) is 33.4 Å². The Morgan fingerprint density at radius 3 is 0.617 bits per heavy atom. The molecule has 6 nitrogen and oxygen atoms in total. The fraction of sp³-hybridized carbons (Fsp3) is 0.167. The van der Waals surface area contributed by atoms with Crippen molar-refractivity contribution in [1.82, 2.24) is 0 Å². The summed E-state index contributed by atoms with van der Waals surface area (Å²) in [6, 6.07) is 1.85. The van der Waals surface area contributed by atoms with E-state index in [-0.39, 0.29) is 0 Å². The smallest absolute Gasteiger partial charge is 0.192 e. The molecule has 0 radical (unpaired) electrons. The average Bonchev–Trinajstić information content (AvgIpc) is 3.82. The summed E-state index contributed by atoms with van der Waals surface area (Å²) in [5.74, 6) is 0. The van der Waals surface area contributed by atoms with Crippen LogP contribution in [-0.4, -0.2) is 0 Å². The van der Waals surface area contributed by atoms with Gasteiger partial charge in [-0.3, -0.25) is 0 Å². The second-order valence-electron chi connectivity index (χ2n) is 11.7. The lowest BCUT2D eigenvalue weighted by Gasteiger charge is -2.17. The second kappa shape index (κ2) is 14.7. The molecule has 3 aromatic rings. The van der Waals surface area contributed by atoms with Crippen LogP contribution in [0.1, 0.15) is 66.8 Å². The summed E-state index contributed by atoms with van der Waals surface area (Å²) in [5, 5.41) is 57.9. The van der Waals surface area contributed by atoms with Gasteiger partial charge in [-0.2, -0.15) is 111 Å². The Bertz CT molecular complexity index is 2420. The van der Waals surface area contributed by atoms with E-state index in [4.69, 9.17) is 0 Å². The van der Waals surface area contributed by atoms with Gasteiger partial charge < -0.3 is 0 Å². The van der Waals surface area contributed by atoms with Gasteiger partial charge in [0.2, 0.25) is 0 Å². The number of hydrogen-bond acceptors (Lipinski definition) is 6. The van der Waals surface area contributed by atoms with Crippen LogP contribution < -0.4 is 0 Å². The first kappa shape index (κ1) is 45.3. The van der Waals surface area contributed by atoms with Gasteiger partial charge in [0.15, 0.2) is 0 Å². The standard InChI is InChI=1S/C36H6F18N6/c37-31(38,39)22-4-16(25(34(46,47)48)1-13(22)7-55)19(10-58)28-29(20(11-59)17-5-23(32(40,41)42)14(8-56)2-26(17)35(49,50)51)30(28)21(12-60)18-6-24(33(43,44)45)15(9-57)3-27(18)36(52,53)54/h1-6H. The lowest BCUT2D eigenvalue weighted by Crippen LogP contribution is -2.15. The molecule has 3 aromatic carbocycles. The molecule has 4 rings (SSSR count). The Balaban J connectivity index is 2.50. The highest BCUT2D eigenvalue weighted by molar-refractivity contribution is 6.13. The van der Waals surface area contributed by atoms with Crippen molar-refractivity contribution in [2.75, 3.05) is 0 Å². The molecule has 0 aromatic heterocycles. The van der Waals surface area contributed by atoms with Gasteiger partial charge in [-0.15, -0.1) is 0 Å². The Morgan fingerprint density at radius 2 is 0.483 bits per heavy atom. The van der Waals surface area contributed by atoms with Crippen LogP contribution in [0.5, 0.6) is 0 Å². The maximum absolute atomic E-state index is 14.4. The van der Waals surface area contributed by atoms with Crippen LogP contribution in [0.4, 0.5) is 79.0 Å². The van der Waals surface area contributed by atoms with E-state index in [1.807, 2.05) is 0 Å². The molecule has 0 N–H and O–H groups in total. The first-order chi connectivity index (χ1) is 27.3. The minimum absolute atomic E-state index is 0.502. The van der Waals surface area contributed by atoms with Gasteiger partial charge in [0.25, 0.3) is 0 Å². The van der Waals surface area contributed by atoms with Gasteiger partial charge >= 0.3 is 37.1 Å². The molecule has 1 aliphatic carbocycles. The topological polar surface area (TPSA) is 143 Å². The van der Waals surface area contributed by atoms with E-state index in [9.17, 15) is 111 Å². The van der Waals surface area contributed by atoms with Gasteiger partial charge in [0.1, 0.15) is 18.2 Å². The normalized spacial score (nSPS) is 13.3. The summed E-state index contributed by atoms with van der Waals surface area (Å²) in [6.45, 7) is 0. The quantitative estimate of drug-likeness (QED) is 0.189. The Labute approximate surface area is 320 Å². The average molecular weight is 864 g/mol. The van der Waals surface area contributed by atoms with Gasteiger partial charge in [0.05, 0.1) is 85.0 Å². The van der Waals surface area contributed by atoms with Crippen molar-refractivity contribution >= 4 is 16.7 Å². The predicted octanol–water partition coefficient (Wildman–Crippen LogP) is 11.7. The molecule has 306 valence electrons. The van der Waals surface area contributed by atoms with Gasteiger partial charge in [-0.25, -0.2) is 0 Å². The van der Waals surface area contributed by atoms with Crippen LogP contribution in [0.25, 0.3) is 16.7 Å². The zero-order valence-corrected chi connectivity index (χ0v) is 28.0. The number of halogens is 18. The summed E-state index contributed by atoms with van der Waals surface area (Å²) in [6.07, 6.45) is -35.1. The van der Waals surface area contributed by atoms with E-state index >= 15 is 0 Å². The molecule has 0 bridgehead atoms. The number of nitrogens with zero attached hydrogens (tertiary/aromatic N) is 6. The van der Waals surface area contributed by atoms with Crippen LogP contribution in [0.3, 0.4) is 0 Å². The Kier molecular flexibility index (Phi) is 11.1. The van der Waals surface area contributed by atoms with Crippen molar-refractivity contribution in [2.45, 2.75) is 37.1 Å². The maximum atomic E-state index is 14.4. The number of nitriles is 6. The second-order valence-corrected chi connectivity index (χ2v) is 11.7. The molecule has 24 heteroatoms. The number of rotatable bonds is 3. The van der Waals surface area contributed by atoms with Crippen molar-refractivity contribution in [1.29, 1.82) is 31.6 Å². The summed E-state index contributed by atoms with van der Waals surface area (Å²) in [4.78, 5) is 0. The fourth-order valence-electron chi connectivity index (χ4n) is 5.79. The van der Waals surface area contributed by atoms with E-state index in [0.717, 1.165) is 36.4 Å².